The van der Waals surface area contributed by atoms with Crippen LogP contribution in [0.25, 0.3) is 0 Å². The van der Waals surface area contributed by atoms with Gasteiger partial charge < -0.3 is 15.3 Å². The molecule has 92 valence electrons. The summed E-state index contributed by atoms with van der Waals surface area (Å²) >= 11 is 5.88. The summed E-state index contributed by atoms with van der Waals surface area (Å²) in [7, 11) is 0. The third-order valence-corrected chi connectivity index (χ3v) is 2.99. The smallest absolute Gasteiger partial charge is 0.177 e. The number of aliphatic hydroxyl groups excluding tert-OH is 1. The molecule has 0 amide bonds. The molecule has 5 nitrogen and oxygen atoms in total. The molecule has 3 rings (SSSR count). The highest BCUT2D eigenvalue weighted by Crippen LogP contribution is 2.42. The summed E-state index contributed by atoms with van der Waals surface area (Å²) in [6.45, 7) is 0.529. The van der Waals surface area contributed by atoms with E-state index in [1.54, 1.807) is 6.07 Å². The zero-order valence-corrected chi connectivity index (χ0v) is 10.2. The first-order valence-electron chi connectivity index (χ1n) is 5.57. The first-order valence-corrected chi connectivity index (χ1v) is 5.95. The van der Waals surface area contributed by atoms with Gasteiger partial charge in [-0.1, -0.05) is 23.7 Å². The molecular formula is C12H11ClN4O. The number of hydrogen-bond acceptors (Lipinski definition) is 5. The van der Waals surface area contributed by atoms with Crippen molar-refractivity contribution in [2.75, 3.05) is 23.4 Å². The van der Waals surface area contributed by atoms with E-state index in [2.05, 4.69) is 15.5 Å². The predicted molar refractivity (Wildman–Crippen MR) is 70.9 cm³/mol. The molecule has 2 aromatic rings. The average molecular weight is 263 g/mol. The van der Waals surface area contributed by atoms with Crippen molar-refractivity contribution in [1.29, 1.82) is 0 Å². The number of aromatic nitrogens is 2. The van der Waals surface area contributed by atoms with Crippen molar-refractivity contribution in [2.24, 2.45) is 0 Å². The van der Waals surface area contributed by atoms with Crippen LogP contribution in [0, 0.1) is 0 Å². The fourth-order valence-electron chi connectivity index (χ4n) is 2.07. The molecule has 1 aromatic carbocycles. The summed E-state index contributed by atoms with van der Waals surface area (Å²) in [5, 5.41) is 20.6. The maximum absolute atomic E-state index is 9.21. The lowest BCUT2D eigenvalue weighted by atomic mass is 10.1. The van der Waals surface area contributed by atoms with Crippen molar-refractivity contribution in [2.45, 2.75) is 0 Å². The number of rotatable bonds is 2. The first-order chi connectivity index (χ1) is 8.79. The Bertz CT molecular complexity index is 590. The van der Waals surface area contributed by atoms with E-state index in [-0.39, 0.29) is 6.61 Å². The maximum atomic E-state index is 9.21. The van der Waals surface area contributed by atoms with Crippen molar-refractivity contribution < 1.29 is 5.11 Å². The summed E-state index contributed by atoms with van der Waals surface area (Å²) in [5.74, 6) is 0.645. The van der Waals surface area contributed by atoms with Gasteiger partial charge in [0.15, 0.2) is 11.0 Å². The third kappa shape index (κ3) is 1.77. The second-order valence-corrected chi connectivity index (χ2v) is 4.31. The number of hydrogen-bond donors (Lipinski definition) is 2. The van der Waals surface area contributed by atoms with Gasteiger partial charge in [-0.25, -0.2) is 0 Å². The molecular weight excluding hydrogens is 252 g/mol. The fraction of sp³-hybridized carbons (Fsp3) is 0.167. The van der Waals surface area contributed by atoms with Crippen molar-refractivity contribution in [3.8, 4) is 0 Å². The fourth-order valence-corrected chi connectivity index (χ4v) is 2.21. The summed E-state index contributed by atoms with van der Waals surface area (Å²) in [6.07, 6.45) is 0. The van der Waals surface area contributed by atoms with Crippen molar-refractivity contribution >= 4 is 34.5 Å². The molecule has 1 aliphatic rings. The van der Waals surface area contributed by atoms with Gasteiger partial charge in [-0.15, -0.1) is 10.2 Å². The molecule has 1 aliphatic heterocycles. The van der Waals surface area contributed by atoms with E-state index in [1.165, 1.54) is 0 Å². The van der Waals surface area contributed by atoms with Crippen LogP contribution in [0.3, 0.4) is 0 Å². The minimum Gasteiger partial charge on any atom is -0.395 e. The number of nitrogens with one attached hydrogen (secondary N) is 1. The van der Waals surface area contributed by atoms with Crippen LogP contribution in [-0.2, 0) is 0 Å². The van der Waals surface area contributed by atoms with E-state index in [0.29, 0.717) is 17.5 Å². The Balaban J connectivity index is 2.15. The zero-order valence-electron chi connectivity index (χ0n) is 9.47. The van der Waals surface area contributed by atoms with Crippen LogP contribution in [-0.4, -0.2) is 28.5 Å². The quantitative estimate of drug-likeness (QED) is 0.870. The van der Waals surface area contributed by atoms with E-state index in [4.69, 9.17) is 11.6 Å². The largest absolute Gasteiger partial charge is 0.395 e. The molecule has 0 fully saturated rings. The number of halogens is 1. The van der Waals surface area contributed by atoms with Gasteiger partial charge in [-0.2, -0.15) is 0 Å². The van der Waals surface area contributed by atoms with Gasteiger partial charge in [-0.05, 0) is 12.1 Å². The Morgan fingerprint density at radius 3 is 2.89 bits per heavy atom. The van der Waals surface area contributed by atoms with Crippen molar-refractivity contribution in [3.63, 3.8) is 0 Å². The van der Waals surface area contributed by atoms with E-state index >= 15 is 0 Å². The van der Waals surface area contributed by atoms with Crippen LogP contribution in [0.2, 0.25) is 5.15 Å². The van der Waals surface area contributed by atoms with E-state index in [1.807, 2.05) is 29.2 Å². The molecule has 0 bridgehead atoms. The number of fused-ring (bicyclic) bond motifs is 2. The standard InChI is InChI=1S/C12H11ClN4O/c13-11-7-10-12(16-15-11)14-8-3-1-2-4-9(8)17(10)5-6-18/h1-4,7,18H,5-6H2,(H,14,16). The van der Waals surface area contributed by atoms with E-state index in [0.717, 1.165) is 17.1 Å². The number of benzene rings is 1. The van der Waals surface area contributed by atoms with Crippen molar-refractivity contribution in [1.82, 2.24) is 10.2 Å². The highest BCUT2D eigenvalue weighted by atomic mass is 35.5. The second kappa shape index (κ2) is 4.44. The van der Waals surface area contributed by atoms with Crippen LogP contribution in [0.1, 0.15) is 0 Å². The topological polar surface area (TPSA) is 61.3 Å². The van der Waals surface area contributed by atoms with E-state index in [9.17, 15) is 5.11 Å². The molecule has 6 heteroatoms. The van der Waals surface area contributed by atoms with Crippen LogP contribution in [0.15, 0.2) is 30.3 Å². The van der Waals surface area contributed by atoms with Crippen LogP contribution >= 0.6 is 11.6 Å². The Kier molecular flexibility index (Phi) is 2.77. The minimum atomic E-state index is 0.0493. The predicted octanol–water partition coefficient (Wildman–Crippen LogP) is 2.32. The van der Waals surface area contributed by atoms with Gasteiger partial charge in [0.1, 0.15) is 0 Å². The van der Waals surface area contributed by atoms with Gasteiger partial charge in [0.25, 0.3) is 0 Å². The summed E-state index contributed by atoms with van der Waals surface area (Å²) in [4.78, 5) is 1.97. The van der Waals surface area contributed by atoms with Crippen LogP contribution in [0.4, 0.5) is 22.9 Å². The van der Waals surface area contributed by atoms with Gasteiger partial charge in [-0.3, -0.25) is 0 Å². The molecule has 1 aromatic heterocycles. The first kappa shape index (κ1) is 11.3. The summed E-state index contributed by atoms with van der Waals surface area (Å²) in [6, 6.07) is 9.57. The number of β-amino-alcohol motifs (C(OH)–C–C–N with tert-alkyl or cyclic N) is 1. The van der Waals surface area contributed by atoms with E-state index < -0.39 is 0 Å². The van der Waals surface area contributed by atoms with Gasteiger partial charge in [0.2, 0.25) is 0 Å². The Morgan fingerprint density at radius 1 is 1.22 bits per heavy atom. The van der Waals surface area contributed by atoms with Gasteiger partial charge in [0, 0.05) is 12.6 Å². The highest BCUT2D eigenvalue weighted by molar-refractivity contribution is 6.29. The Morgan fingerprint density at radius 2 is 2.06 bits per heavy atom. The van der Waals surface area contributed by atoms with Crippen LogP contribution in [0.5, 0.6) is 0 Å². The summed E-state index contributed by atoms with van der Waals surface area (Å²) < 4.78 is 0. The summed E-state index contributed by atoms with van der Waals surface area (Å²) in [5.41, 5.74) is 2.75. The molecule has 0 aliphatic carbocycles. The number of nitrogens with zero attached hydrogens (tertiary/aromatic N) is 3. The number of anilines is 4. The lowest BCUT2D eigenvalue weighted by Gasteiger charge is -2.32. The number of aliphatic hydroxyl groups is 1. The lowest BCUT2D eigenvalue weighted by molar-refractivity contribution is 0.305. The second-order valence-electron chi connectivity index (χ2n) is 3.92. The molecule has 0 saturated heterocycles. The molecule has 0 unspecified atom stereocenters. The minimum absolute atomic E-state index is 0.0493. The number of para-hydroxylation sites is 2. The molecule has 0 saturated carbocycles. The third-order valence-electron chi connectivity index (χ3n) is 2.81. The maximum Gasteiger partial charge on any atom is 0.177 e. The molecule has 2 heterocycles. The Labute approximate surface area is 109 Å². The SMILES string of the molecule is OCCN1c2ccccc2Nc2nnc(Cl)cc21. The molecule has 0 atom stereocenters. The highest BCUT2D eigenvalue weighted by Gasteiger charge is 2.23. The van der Waals surface area contributed by atoms with Crippen molar-refractivity contribution in [3.05, 3.63) is 35.5 Å². The average Bonchev–Trinajstić information content (AvgIpc) is 2.39. The lowest BCUT2D eigenvalue weighted by Crippen LogP contribution is -2.26. The zero-order chi connectivity index (χ0) is 12.5. The molecule has 2 N–H and O–H groups in total. The van der Waals surface area contributed by atoms with Gasteiger partial charge in [0.05, 0.1) is 23.7 Å². The molecule has 0 radical (unpaired) electrons. The van der Waals surface area contributed by atoms with Crippen LogP contribution < -0.4 is 10.2 Å². The monoisotopic (exact) mass is 262 g/mol. The normalized spacial score (nSPS) is 12.7. The molecule has 0 spiro atoms. The molecule has 18 heavy (non-hydrogen) atoms. The van der Waals surface area contributed by atoms with Gasteiger partial charge >= 0.3 is 0 Å². The Hall–Kier alpha value is -1.85.